The summed E-state index contributed by atoms with van der Waals surface area (Å²) < 4.78 is 0. The van der Waals surface area contributed by atoms with Gasteiger partial charge in [0.25, 0.3) is 11.2 Å². The maximum Gasteiger partial charge on any atom is 0.287 e. The van der Waals surface area contributed by atoms with Crippen molar-refractivity contribution in [3.05, 3.63) is 87.3 Å². The van der Waals surface area contributed by atoms with Crippen LogP contribution in [-0.2, 0) is 0 Å². The molecule has 0 amide bonds. The first-order chi connectivity index (χ1) is 12.6. The van der Waals surface area contributed by atoms with Gasteiger partial charge in [0, 0.05) is 17.2 Å². The van der Waals surface area contributed by atoms with Crippen LogP contribution < -0.4 is 5.56 Å². The summed E-state index contributed by atoms with van der Waals surface area (Å²) in [5.74, 6) is 0.483. The second-order valence-electron chi connectivity index (χ2n) is 5.67. The number of nitrogens with one attached hydrogen (secondary N) is 1. The van der Waals surface area contributed by atoms with Crippen LogP contribution in [0, 0.1) is 10.1 Å². The summed E-state index contributed by atoms with van der Waals surface area (Å²) >= 11 is 0. The van der Waals surface area contributed by atoms with Crippen LogP contribution in [0.2, 0.25) is 0 Å². The molecule has 0 atom stereocenters. The first kappa shape index (κ1) is 15.6. The number of aromatic nitrogens is 3. The molecule has 7 heteroatoms. The Bertz CT molecular complexity index is 1170. The Morgan fingerprint density at radius 3 is 2.35 bits per heavy atom. The molecule has 2 aromatic heterocycles. The molecule has 0 aliphatic carbocycles. The van der Waals surface area contributed by atoms with Gasteiger partial charge < -0.3 is 4.98 Å². The smallest absolute Gasteiger partial charge is 0.287 e. The standard InChI is InChI=1S/C19H12N4O3/c24-19-15-3-1-2-4-17(15)21-18(22-19)13-7-5-12(6-8-13)16-10-9-14(11-20-16)23(25)26/h1-11H,(H,21,22,24). The molecule has 0 unspecified atom stereocenters. The van der Waals surface area contributed by atoms with Gasteiger partial charge in [-0.2, -0.15) is 0 Å². The largest absolute Gasteiger partial charge is 0.306 e. The van der Waals surface area contributed by atoms with E-state index < -0.39 is 4.92 Å². The molecule has 0 fully saturated rings. The summed E-state index contributed by atoms with van der Waals surface area (Å²) in [5, 5.41) is 11.2. The predicted octanol–water partition coefficient (Wildman–Crippen LogP) is 3.56. The van der Waals surface area contributed by atoms with E-state index in [4.69, 9.17) is 0 Å². The Labute approximate surface area is 147 Å². The van der Waals surface area contributed by atoms with E-state index in [1.807, 2.05) is 30.3 Å². The summed E-state index contributed by atoms with van der Waals surface area (Å²) in [6, 6.07) is 17.5. The Morgan fingerprint density at radius 2 is 1.65 bits per heavy atom. The number of fused-ring (bicyclic) bond motifs is 1. The lowest BCUT2D eigenvalue weighted by Crippen LogP contribution is -2.09. The van der Waals surface area contributed by atoms with Gasteiger partial charge in [0.15, 0.2) is 0 Å². The molecule has 0 aliphatic heterocycles. The molecular formula is C19H12N4O3. The van der Waals surface area contributed by atoms with Gasteiger partial charge in [-0.05, 0) is 18.2 Å². The fourth-order valence-corrected chi connectivity index (χ4v) is 2.69. The van der Waals surface area contributed by atoms with Crippen LogP contribution in [0.25, 0.3) is 33.5 Å². The van der Waals surface area contributed by atoms with Gasteiger partial charge in [-0.15, -0.1) is 0 Å². The molecule has 1 N–H and O–H groups in total. The molecule has 4 aromatic rings. The number of benzene rings is 2. The Kier molecular flexibility index (Phi) is 3.74. The molecule has 0 bridgehead atoms. The zero-order valence-corrected chi connectivity index (χ0v) is 13.4. The molecule has 26 heavy (non-hydrogen) atoms. The fourth-order valence-electron chi connectivity index (χ4n) is 2.69. The quantitative estimate of drug-likeness (QED) is 0.452. The van der Waals surface area contributed by atoms with E-state index >= 15 is 0 Å². The molecule has 0 radical (unpaired) electrons. The number of nitro groups is 1. The molecule has 0 spiro atoms. The number of H-pyrrole nitrogens is 1. The number of para-hydroxylation sites is 1. The number of hydrogen-bond donors (Lipinski definition) is 1. The molecule has 4 rings (SSSR count). The van der Waals surface area contributed by atoms with Crippen LogP contribution in [0.3, 0.4) is 0 Å². The van der Waals surface area contributed by atoms with Crippen molar-refractivity contribution < 1.29 is 4.92 Å². The van der Waals surface area contributed by atoms with Crippen LogP contribution in [0.5, 0.6) is 0 Å². The van der Waals surface area contributed by atoms with Crippen molar-refractivity contribution in [2.45, 2.75) is 0 Å². The molecule has 0 saturated heterocycles. The highest BCUT2D eigenvalue weighted by Crippen LogP contribution is 2.23. The summed E-state index contributed by atoms with van der Waals surface area (Å²) in [4.78, 5) is 33.8. The van der Waals surface area contributed by atoms with E-state index in [0.717, 1.165) is 11.1 Å². The maximum absolute atomic E-state index is 12.2. The lowest BCUT2D eigenvalue weighted by atomic mass is 10.1. The molecule has 0 aliphatic rings. The third-order valence-electron chi connectivity index (χ3n) is 4.03. The lowest BCUT2D eigenvalue weighted by Gasteiger charge is -2.05. The first-order valence-electron chi connectivity index (χ1n) is 7.82. The van der Waals surface area contributed by atoms with Gasteiger partial charge in [-0.3, -0.25) is 14.9 Å². The van der Waals surface area contributed by atoms with Crippen molar-refractivity contribution in [3.8, 4) is 22.6 Å². The third-order valence-corrected chi connectivity index (χ3v) is 4.03. The van der Waals surface area contributed by atoms with Gasteiger partial charge in [0.05, 0.1) is 21.5 Å². The average Bonchev–Trinajstić information content (AvgIpc) is 2.68. The van der Waals surface area contributed by atoms with Crippen LogP contribution in [0.4, 0.5) is 5.69 Å². The monoisotopic (exact) mass is 344 g/mol. The number of nitrogens with zero attached hydrogens (tertiary/aromatic N) is 3. The van der Waals surface area contributed by atoms with Crippen LogP contribution in [0.1, 0.15) is 0 Å². The lowest BCUT2D eigenvalue weighted by molar-refractivity contribution is -0.385. The fraction of sp³-hybridized carbons (Fsp3) is 0. The van der Waals surface area contributed by atoms with Crippen molar-refractivity contribution in [2.75, 3.05) is 0 Å². The molecular weight excluding hydrogens is 332 g/mol. The highest BCUT2D eigenvalue weighted by Gasteiger charge is 2.08. The van der Waals surface area contributed by atoms with Gasteiger partial charge in [-0.1, -0.05) is 36.4 Å². The Morgan fingerprint density at radius 1 is 0.923 bits per heavy atom. The number of hydrogen-bond acceptors (Lipinski definition) is 5. The molecule has 2 heterocycles. The molecule has 7 nitrogen and oxygen atoms in total. The average molecular weight is 344 g/mol. The van der Waals surface area contributed by atoms with Crippen molar-refractivity contribution in [1.29, 1.82) is 0 Å². The zero-order valence-electron chi connectivity index (χ0n) is 13.4. The van der Waals surface area contributed by atoms with Crippen molar-refractivity contribution in [1.82, 2.24) is 15.0 Å². The number of rotatable bonds is 3. The molecule has 0 saturated carbocycles. The van der Waals surface area contributed by atoms with Gasteiger partial charge in [0.1, 0.15) is 12.0 Å². The van der Waals surface area contributed by atoms with E-state index in [1.165, 1.54) is 12.3 Å². The minimum Gasteiger partial charge on any atom is -0.306 e. The maximum atomic E-state index is 12.2. The highest BCUT2D eigenvalue weighted by molar-refractivity contribution is 5.79. The third kappa shape index (κ3) is 2.82. The number of aromatic amines is 1. The van der Waals surface area contributed by atoms with Crippen LogP contribution in [0.15, 0.2) is 71.7 Å². The van der Waals surface area contributed by atoms with E-state index in [2.05, 4.69) is 15.0 Å². The minimum atomic E-state index is -0.485. The molecule has 126 valence electrons. The van der Waals surface area contributed by atoms with Crippen molar-refractivity contribution in [2.24, 2.45) is 0 Å². The summed E-state index contributed by atoms with van der Waals surface area (Å²) in [6.07, 6.45) is 1.23. The highest BCUT2D eigenvalue weighted by atomic mass is 16.6. The van der Waals surface area contributed by atoms with Crippen molar-refractivity contribution >= 4 is 16.6 Å². The van der Waals surface area contributed by atoms with Crippen molar-refractivity contribution in [3.63, 3.8) is 0 Å². The van der Waals surface area contributed by atoms with E-state index in [-0.39, 0.29) is 11.2 Å². The van der Waals surface area contributed by atoms with Gasteiger partial charge in [0.2, 0.25) is 0 Å². The number of pyridine rings is 1. The second-order valence-corrected chi connectivity index (χ2v) is 5.67. The van der Waals surface area contributed by atoms with Gasteiger partial charge in [-0.25, -0.2) is 9.97 Å². The van der Waals surface area contributed by atoms with E-state index in [1.54, 1.807) is 24.3 Å². The SMILES string of the molecule is O=c1[nH]c(-c2ccc(-c3ccc([N+](=O)[O-])cn3)cc2)nc2ccccc12. The van der Waals surface area contributed by atoms with E-state index in [9.17, 15) is 14.9 Å². The van der Waals surface area contributed by atoms with Crippen LogP contribution in [-0.4, -0.2) is 19.9 Å². The predicted molar refractivity (Wildman–Crippen MR) is 97.7 cm³/mol. The van der Waals surface area contributed by atoms with E-state index in [0.29, 0.717) is 22.4 Å². The van der Waals surface area contributed by atoms with Crippen LogP contribution >= 0.6 is 0 Å². The summed E-state index contributed by atoms with van der Waals surface area (Å²) in [5.41, 5.74) is 2.59. The minimum absolute atomic E-state index is 0.0525. The van der Waals surface area contributed by atoms with Gasteiger partial charge >= 0.3 is 0 Å². The second kappa shape index (κ2) is 6.21. The summed E-state index contributed by atoms with van der Waals surface area (Å²) in [7, 11) is 0. The Hall–Kier alpha value is -3.87. The zero-order chi connectivity index (χ0) is 18.1. The summed E-state index contributed by atoms with van der Waals surface area (Å²) in [6.45, 7) is 0. The first-order valence-corrected chi connectivity index (χ1v) is 7.82. The normalized spacial score (nSPS) is 10.8. The topological polar surface area (TPSA) is 102 Å². The Balaban J connectivity index is 1.70. The molecule has 2 aromatic carbocycles.